The number of anilines is 1. The molecule has 0 bridgehead atoms. The second-order valence-electron chi connectivity index (χ2n) is 4.59. The molecule has 2 aromatic rings. The summed E-state index contributed by atoms with van der Waals surface area (Å²) in [4.78, 5) is 4.27. The monoisotopic (exact) mass is 244 g/mol. The van der Waals surface area contributed by atoms with Crippen molar-refractivity contribution in [3.63, 3.8) is 0 Å². The minimum absolute atomic E-state index is 0.512. The summed E-state index contributed by atoms with van der Waals surface area (Å²) in [6.45, 7) is 8.03. The van der Waals surface area contributed by atoms with Crippen LogP contribution in [0.3, 0.4) is 0 Å². The molecule has 0 spiro atoms. The van der Waals surface area contributed by atoms with E-state index >= 15 is 0 Å². The van der Waals surface area contributed by atoms with Crippen LogP contribution in [0.5, 0.6) is 0 Å². The van der Waals surface area contributed by atoms with E-state index in [4.69, 9.17) is 0 Å². The van der Waals surface area contributed by atoms with Crippen LogP contribution in [0.15, 0.2) is 30.6 Å². The van der Waals surface area contributed by atoms with Gasteiger partial charge in [0.25, 0.3) is 0 Å². The number of nitrogens with zero attached hydrogens (tertiary/aromatic N) is 3. The zero-order valence-electron chi connectivity index (χ0n) is 11.2. The Labute approximate surface area is 108 Å². The van der Waals surface area contributed by atoms with Gasteiger partial charge in [0, 0.05) is 12.2 Å². The molecule has 0 saturated heterocycles. The van der Waals surface area contributed by atoms with Crippen molar-refractivity contribution >= 4 is 5.69 Å². The van der Waals surface area contributed by atoms with Crippen molar-refractivity contribution in [3.8, 4) is 0 Å². The van der Waals surface area contributed by atoms with E-state index < -0.39 is 0 Å². The first-order chi connectivity index (χ1) is 8.72. The first-order valence-electron chi connectivity index (χ1n) is 6.41. The summed E-state index contributed by atoms with van der Waals surface area (Å²) >= 11 is 0. The molecular weight excluding hydrogens is 224 g/mol. The molecule has 0 radical (unpaired) electrons. The van der Waals surface area contributed by atoms with Crippen LogP contribution in [0, 0.1) is 0 Å². The van der Waals surface area contributed by atoms with E-state index in [1.807, 2.05) is 4.68 Å². The number of hydrogen-bond acceptors (Lipinski definition) is 3. The number of aryl methyl sites for hydroxylation is 1. The average Bonchev–Trinajstić information content (AvgIpc) is 2.84. The Morgan fingerprint density at radius 1 is 1.28 bits per heavy atom. The van der Waals surface area contributed by atoms with Crippen LogP contribution in [0.25, 0.3) is 0 Å². The van der Waals surface area contributed by atoms with Gasteiger partial charge in [0.1, 0.15) is 12.2 Å². The van der Waals surface area contributed by atoms with Gasteiger partial charge in [0.2, 0.25) is 0 Å². The van der Waals surface area contributed by atoms with Crippen molar-refractivity contribution in [1.29, 1.82) is 0 Å². The summed E-state index contributed by atoms with van der Waals surface area (Å²) in [6, 6.07) is 8.41. The molecule has 1 aromatic carbocycles. The van der Waals surface area contributed by atoms with E-state index in [9.17, 15) is 0 Å². The quantitative estimate of drug-likeness (QED) is 0.879. The third-order valence-electron chi connectivity index (χ3n) is 3.02. The number of benzene rings is 1. The van der Waals surface area contributed by atoms with Gasteiger partial charge in [-0.25, -0.2) is 9.67 Å². The highest BCUT2D eigenvalue weighted by Crippen LogP contribution is 2.23. The average molecular weight is 244 g/mol. The summed E-state index contributed by atoms with van der Waals surface area (Å²) in [6.07, 6.45) is 1.61. The van der Waals surface area contributed by atoms with E-state index in [1.165, 1.54) is 11.3 Å². The number of nitrogens with one attached hydrogen (secondary N) is 1. The molecule has 0 atom stereocenters. The number of rotatable bonds is 5. The molecule has 18 heavy (non-hydrogen) atoms. The fraction of sp³-hybridized carbons (Fsp3) is 0.429. The highest BCUT2D eigenvalue weighted by Gasteiger charge is 2.07. The normalized spacial score (nSPS) is 10.9. The van der Waals surface area contributed by atoms with E-state index in [-0.39, 0.29) is 0 Å². The highest BCUT2D eigenvalue weighted by molar-refractivity contribution is 5.52. The molecule has 1 aromatic heterocycles. The zero-order chi connectivity index (χ0) is 13.0. The second kappa shape index (κ2) is 5.67. The Morgan fingerprint density at radius 2 is 2.06 bits per heavy atom. The fourth-order valence-electron chi connectivity index (χ4n) is 2.02. The first-order valence-corrected chi connectivity index (χ1v) is 6.41. The van der Waals surface area contributed by atoms with Crippen LogP contribution >= 0.6 is 0 Å². The Kier molecular flexibility index (Phi) is 3.97. The highest BCUT2D eigenvalue weighted by atomic mass is 15.3. The largest absolute Gasteiger partial charge is 0.378 e. The molecule has 4 nitrogen and oxygen atoms in total. The van der Waals surface area contributed by atoms with E-state index in [0.29, 0.717) is 12.5 Å². The van der Waals surface area contributed by atoms with Gasteiger partial charge in [-0.2, -0.15) is 5.10 Å². The topological polar surface area (TPSA) is 42.7 Å². The summed E-state index contributed by atoms with van der Waals surface area (Å²) < 4.78 is 1.91. The maximum atomic E-state index is 4.27. The summed E-state index contributed by atoms with van der Waals surface area (Å²) in [5.41, 5.74) is 2.51. The maximum absolute atomic E-state index is 4.27. The standard InChI is InChI=1S/C14H20N4/c1-4-18-14(16-10-17-18)9-15-13-8-6-5-7-12(13)11(2)3/h5-8,10-11,15H,4,9H2,1-3H3. The minimum Gasteiger partial charge on any atom is -0.378 e. The molecule has 4 heteroatoms. The first kappa shape index (κ1) is 12.6. The Bertz CT molecular complexity index is 502. The third-order valence-corrected chi connectivity index (χ3v) is 3.02. The molecule has 0 aliphatic carbocycles. The van der Waals surface area contributed by atoms with Gasteiger partial charge < -0.3 is 5.32 Å². The predicted molar refractivity (Wildman–Crippen MR) is 73.6 cm³/mol. The molecule has 1 heterocycles. The molecule has 0 aliphatic heterocycles. The zero-order valence-corrected chi connectivity index (χ0v) is 11.2. The SMILES string of the molecule is CCn1ncnc1CNc1ccccc1C(C)C. The third kappa shape index (κ3) is 2.70. The molecule has 0 amide bonds. The van der Waals surface area contributed by atoms with Gasteiger partial charge in [-0.1, -0.05) is 32.0 Å². The number of hydrogen-bond donors (Lipinski definition) is 1. The van der Waals surface area contributed by atoms with Crippen LogP contribution in [0.4, 0.5) is 5.69 Å². The summed E-state index contributed by atoms with van der Waals surface area (Å²) in [5.74, 6) is 1.48. The Hall–Kier alpha value is -1.84. The lowest BCUT2D eigenvalue weighted by molar-refractivity contribution is 0.621. The molecule has 2 rings (SSSR count). The van der Waals surface area contributed by atoms with Gasteiger partial charge >= 0.3 is 0 Å². The van der Waals surface area contributed by atoms with Gasteiger partial charge in [-0.15, -0.1) is 0 Å². The molecule has 1 N–H and O–H groups in total. The number of para-hydroxylation sites is 1. The lowest BCUT2D eigenvalue weighted by Gasteiger charge is -2.14. The second-order valence-corrected chi connectivity index (χ2v) is 4.59. The van der Waals surface area contributed by atoms with Gasteiger partial charge in [-0.05, 0) is 24.5 Å². The fourth-order valence-corrected chi connectivity index (χ4v) is 2.02. The number of aromatic nitrogens is 3. The van der Waals surface area contributed by atoms with Crippen LogP contribution in [-0.2, 0) is 13.1 Å². The van der Waals surface area contributed by atoms with Crippen molar-refractivity contribution in [2.45, 2.75) is 39.8 Å². The minimum atomic E-state index is 0.512. The van der Waals surface area contributed by atoms with Gasteiger partial charge in [-0.3, -0.25) is 0 Å². The Morgan fingerprint density at radius 3 is 2.78 bits per heavy atom. The van der Waals surface area contributed by atoms with Gasteiger partial charge in [0.15, 0.2) is 0 Å². The van der Waals surface area contributed by atoms with Crippen LogP contribution in [0.1, 0.15) is 38.1 Å². The Balaban J connectivity index is 2.11. The molecule has 0 unspecified atom stereocenters. The lowest BCUT2D eigenvalue weighted by atomic mass is 10.0. The van der Waals surface area contributed by atoms with Crippen LogP contribution in [0.2, 0.25) is 0 Å². The summed E-state index contributed by atoms with van der Waals surface area (Å²) in [5, 5.41) is 7.62. The molecule has 0 aliphatic rings. The van der Waals surface area contributed by atoms with E-state index in [2.05, 4.69) is 60.4 Å². The van der Waals surface area contributed by atoms with Crippen molar-refractivity contribution in [1.82, 2.24) is 14.8 Å². The lowest BCUT2D eigenvalue weighted by Crippen LogP contribution is -2.10. The molecule has 0 saturated carbocycles. The van der Waals surface area contributed by atoms with Crippen LogP contribution < -0.4 is 5.32 Å². The summed E-state index contributed by atoms with van der Waals surface area (Å²) in [7, 11) is 0. The molecular formula is C14H20N4. The van der Waals surface area contributed by atoms with Crippen molar-refractivity contribution in [2.24, 2.45) is 0 Å². The maximum Gasteiger partial charge on any atom is 0.146 e. The van der Waals surface area contributed by atoms with E-state index in [0.717, 1.165) is 12.4 Å². The predicted octanol–water partition coefficient (Wildman–Crippen LogP) is 3.03. The van der Waals surface area contributed by atoms with Crippen molar-refractivity contribution in [2.75, 3.05) is 5.32 Å². The van der Waals surface area contributed by atoms with Crippen LogP contribution in [-0.4, -0.2) is 14.8 Å². The molecule has 0 fully saturated rings. The molecule has 96 valence electrons. The van der Waals surface area contributed by atoms with E-state index in [1.54, 1.807) is 6.33 Å². The smallest absolute Gasteiger partial charge is 0.146 e. The van der Waals surface area contributed by atoms with Crippen molar-refractivity contribution < 1.29 is 0 Å². The van der Waals surface area contributed by atoms with Gasteiger partial charge in [0.05, 0.1) is 6.54 Å². The van der Waals surface area contributed by atoms with Crippen molar-refractivity contribution in [3.05, 3.63) is 42.0 Å².